The molecular formula is C22H43N3O16. The van der Waals surface area contributed by atoms with Crippen molar-refractivity contribution < 1.29 is 79.5 Å². The Morgan fingerprint density at radius 3 is 1.78 bits per heavy atom. The Morgan fingerprint density at radius 1 is 0.707 bits per heavy atom. The summed E-state index contributed by atoms with van der Waals surface area (Å²) in [5, 5.41) is 101. The maximum Gasteiger partial charge on any atom is 0.176 e. The lowest BCUT2D eigenvalue weighted by atomic mass is 9.82. The lowest BCUT2D eigenvalue weighted by Gasteiger charge is -2.52. The molecule has 3 fully saturated rings. The van der Waals surface area contributed by atoms with Gasteiger partial charge in [0.25, 0.3) is 0 Å². The van der Waals surface area contributed by atoms with Crippen LogP contribution in [0.4, 0.5) is 0 Å². The number of aliphatic hydroxyl groups is 10. The number of hydrogen-bond acceptors (Lipinski definition) is 19. The molecule has 0 aliphatic carbocycles. The molecule has 16 N–H and O–H groups in total. The molecule has 242 valence electrons. The third-order valence-electron chi connectivity index (χ3n) is 7.64. The molecule has 0 amide bonds. The van der Waals surface area contributed by atoms with Crippen molar-refractivity contribution in [2.75, 3.05) is 39.6 Å². The summed E-state index contributed by atoms with van der Waals surface area (Å²) >= 11 is 0. The zero-order chi connectivity index (χ0) is 30.6. The summed E-state index contributed by atoms with van der Waals surface area (Å²) in [6.45, 7) is -4.12. The highest BCUT2D eigenvalue weighted by Crippen LogP contribution is 2.36. The van der Waals surface area contributed by atoms with Crippen LogP contribution in [0.1, 0.15) is 0 Å². The lowest BCUT2D eigenvalue weighted by molar-refractivity contribution is -0.372. The third-order valence-corrected chi connectivity index (χ3v) is 7.64. The van der Waals surface area contributed by atoms with Crippen molar-refractivity contribution in [3.63, 3.8) is 0 Å². The van der Waals surface area contributed by atoms with Gasteiger partial charge in [-0.1, -0.05) is 0 Å². The molecule has 16 atom stereocenters. The second kappa shape index (κ2) is 14.8. The van der Waals surface area contributed by atoms with Crippen molar-refractivity contribution in [1.82, 2.24) is 0 Å². The molecule has 41 heavy (non-hydrogen) atoms. The molecule has 3 saturated heterocycles. The predicted molar refractivity (Wildman–Crippen MR) is 130 cm³/mol. The Labute approximate surface area is 234 Å². The van der Waals surface area contributed by atoms with Crippen molar-refractivity contribution in [3.05, 3.63) is 0 Å². The van der Waals surface area contributed by atoms with Gasteiger partial charge >= 0.3 is 0 Å². The Balaban J connectivity index is 1.80. The molecule has 3 unspecified atom stereocenters. The fraction of sp³-hybridized carbons (Fsp3) is 1.00. The van der Waals surface area contributed by atoms with Gasteiger partial charge in [-0.25, -0.2) is 0 Å². The molecule has 3 heterocycles. The minimum Gasteiger partial charge on any atom is -0.394 e. The van der Waals surface area contributed by atoms with Crippen LogP contribution in [0.2, 0.25) is 0 Å². The van der Waals surface area contributed by atoms with Crippen LogP contribution in [0, 0.1) is 0 Å². The first-order valence-electron chi connectivity index (χ1n) is 13.0. The average Bonchev–Trinajstić information content (AvgIpc) is 2.97. The Morgan fingerprint density at radius 2 is 1.24 bits per heavy atom. The minimum absolute atomic E-state index is 0.323. The molecule has 0 radical (unpaired) electrons. The van der Waals surface area contributed by atoms with E-state index >= 15 is 0 Å². The zero-order valence-electron chi connectivity index (χ0n) is 22.1. The fourth-order valence-corrected chi connectivity index (χ4v) is 5.14. The summed E-state index contributed by atoms with van der Waals surface area (Å²) in [5.41, 5.74) is 15.7. The first-order valence-corrected chi connectivity index (χ1v) is 13.0. The van der Waals surface area contributed by atoms with Gasteiger partial charge < -0.3 is 96.7 Å². The maximum absolute atomic E-state index is 11.0. The predicted octanol–water partition coefficient (Wildman–Crippen LogP) is -8.93. The van der Waals surface area contributed by atoms with E-state index in [2.05, 4.69) is 0 Å². The van der Waals surface area contributed by atoms with E-state index in [1.807, 2.05) is 0 Å². The standard InChI is InChI=1S/C22H43N3O16/c23-10-13(31)16(7(3-27)37-19(10)35)39-20-11(24)14(32)17(8(4-28)38-20)40-21-12(25)15(33)18(34)22(6-30,41-21)9(5-29)36-2-1-26/h7-21,26-35H,1-6,23-25H2/t7-,8-,9?,10-,11-,12-,13-,14-,15-,16?,17?,18+,19-,20+,21+,22+/m1/s1. The van der Waals surface area contributed by atoms with Crippen LogP contribution in [0.5, 0.6) is 0 Å². The van der Waals surface area contributed by atoms with Crippen LogP contribution < -0.4 is 17.2 Å². The van der Waals surface area contributed by atoms with Gasteiger partial charge in [0.2, 0.25) is 0 Å². The van der Waals surface area contributed by atoms with Crippen LogP contribution >= 0.6 is 0 Å². The van der Waals surface area contributed by atoms with Crippen molar-refractivity contribution in [1.29, 1.82) is 0 Å². The number of nitrogens with two attached hydrogens (primary N) is 3. The minimum atomic E-state index is -2.20. The van der Waals surface area contributed by atoms with Gasteiger partial charge in [0, 0.05) is 0 Å². The van der Waals surface area contributed by atoms with Gasteiger partial charge in [-0.15, -0.1) is 0 Å². The van der Waals surface area contributed by atoms with Gasteiger partial charge in [-0.05, 0) is 0 Å². The van der Waals surface area contributed by atoms with E-state index in [4.69, 9.17) is 50.7 Å². The van der Waals surface area contributed by atoms with Crippen molar-refractivity contribution in [2.45, 2.75) is 97.5 Å². The second-order valence-electron chi connectivity index (χ2n) is 10.2. The van der Waals surface area contributed by atoms with Crippen LogP contribution in [-0.2, 0) is 28.4 Å². The molecule has 3 aliphatic heterocycles. The smallest absolute Gasteiger partial charge is 0.176 e. The molecule has 0 saturated carbocycles. The van der Waals surface area contributed by atoms with Crippen molar-refractivity contribution >= 4 is 0 Å². The molecule has 19 heteroatoms. The van der Waals surface area contributed by atoms with E-state index in [1.165, 1.54) is 0 Å². The normalized spacial score (nSPS) is 48.2. The molecule has 19 nitrogen and oxygen atoms in total. The SMILES string of the molecule is N[C@H]1[C@@H](OC2[C@@H](CO)O[C@@H](OC3[C@@H](CO)O[C@@H](O)[C@H](N)[C@H]3O)[C@H](N)[C@H]2O)O[C@@](CO)(C(CO)OCCO)[C@@H](O)[C@@H]1O. The summed E-state index contributed by atoms with van der Waals surface area (Å²) < 4.78 is 33.3. The number of rotatable bonds is 12. The molecular weight excluding hydrogens is 562 g/mol. The summed E-state index contributed by atoms with van der Waals surface area (Å²) in [6, 6.07) is -4.25. The number of aliphatic hydroxyl groups excluding tert-OH is 10. The number of ether oxygens (including phenoxy) is 6. The van der Waals surface area contributed by atoms with Crippen molar-refractivity contribution in [3.8, 4) is 0 Å². The molecule has 0 aromatic heterocycles. The summed E-state index contributed by atoms with van der Waals surface area (Å²) in [7, 11) is 0. The maximum atomic E-state index is 11.0. The van der Waals surface area contributed by atoms with Crippen LogP contribution in [0.15, 0.2) is 0 Å². The molecule has 0 aromatic rings. The van der Waals surface area contributed by atoms with Gasteiger partial charge in [0.05, 0.1) is 57.8 Å². The summed E-state index contributed by atoms with van der Waals surface area (Å²) in [5.74, 6) is 0. The van der Waals surface area contributed by atoms with Crippen LogP contribution in [0.3, 0.4) is 0 Å². The van der Waals surface area contributed by atoms with Crippen LogP contribution in [0.25, 0.3) is 0 Å². The summed E-state index contributed by atoms with van der Waals surface area (Å²) in [6.07, 6.45) is -18.8. The third kappa shape index (κ3) is 6.83. The lowest BCUT2D eigenvalue weighted by Crippen LogP contribution is -2.74. The van der Waals surface area contributed by atoms with Gasteiger partial charge in [-0.3, -0.25) is 0 Å². The van der Waals surface area contributed by atoms with Gasteiger partial charge in [0.15, 0.2) is 24.5 Å². The van der Waals surface area contributed by atoms with E-state index < -0.39 is 131 Å². The van der Waals surface area contributed by atoms with Crippen molar-refractivity contribution in [2.24, 2.45) is 17.2 Å². The van der Waals surface area contributed by atoms with E-state index in [1.54, 1.807) is 0 Å². The van der Waals surface area contributed by atoms with Crippen LogP contribution in [-0.4, -0.2) is 188 Å². The second-order valence-corrected chi connectivity index (χ2v) is 10.2. The zero-order valence-corrected chi connectivity index (χ0v) is 22.1. The Hall–Kier alpha value is -0.760. The average molecular weight is 606 g/mol. The highest BCUT2D eigenvalue weighted by atomic mass is 16.7. The van der Waals surface area contributed by atoms with E-state index in [-0.39, 0.29) is 6.61 Å². The topological polar surface area (TPSA) is 336 Å². The van der Waals surface area contributed by atoms with Gasteiger partial charge in [-0.2, -0.15) is 0 Å². The number of hydrogen-bond donors (Lipinski definition) is 13. The largest absolute Gasteiger partial charge is 0.394 e. The monoisotopic (exact) mass is 605 g/mol. The molecule has 0 spiro atoms. The first-order chi connectivity index (χ1) is 19.4. The Bertz CT molecular complexity index is 802. The Kier molecular flexibility index (Phi) is 12.5. The highest BCUT2D eigenvalue weighted by Gasteiger charge is 2.59. The molecule has 0 aromatic carbocycles. The molecule has 0 bridgehead atoms. The quantitative estimate of drug-likeness (QED) is 0.0981. The van der Waals surface area contributed by atoms with E-state index in [0.29, 0.717) is 0 Å². The van der Waals surface area contributed by atoms with E-state index in [9.17, 15) is 46.0 Å². The van der Waals surface area contributed by atoms with Gasteiger partial charge in [0.1, 0.15) is 54.9 Å². The highest BCUT2D eigenvalue weighted by molar-refractivity contribution is 5.06. The van der Waals surface area contributed by atoms with E-state index in [0.717, 1.165) is 0 Å². The molecule has 3 aliphatic rings. The first kappa shape index (κ1) is 34.7. The summed E-state index contributed by atoms with van der Waals surface area (Å²) in [4.78, 5) is 0. The molecule has 3 rings (SSSR count). The fourth-order valence-electron chi connectivity index (χ4n) is 5.14.